The van der Waals surface area contributed by atoms with Crippen molar-refractivity contribution in [3.8, 4) is 5.69 Å². The Morgan fingerprint density at radius 3 is 2.55 bits per heavy atom. The number of benzene rings is 1. The number of rotatable bonds is 5. The van der Waals surface area contributed by atoms with E-state index in [0.717, 1.165) is 12.3 Å². The van der Waals surface area contributed by atoms with Gasteiger partial charge in [-0.05, 0) is 42.7 Å². The number of halogens is 4. The Kier molecular flexibility index (Phi) is 5.39. The van der Waals surface area contributed by atoms with Gasteiger partial charge in [0.15, 0.2) is 16.6 Å². The summed E-state index contributed by atoms with van der Waals surface area (Å²) >= 11 is 1.30. The minimum absolute atomic E-state index is 0.132. The first-order valence-electron chi connectivity index (χ1n) is 8.84. The number of imidazole rings is 1. The zero-order valence-electron chi connectivity index (χ0n) is 15.9. The summed E-state index contributed by atoms with van der Waals surface area (Å²) < 4.78 is 55.0. The molecule has 0 aliphatic heterocycles. The van der Waals surface area contributed by atoms with Gasteiger partial charge >= 0.3 is 6.18 Å². The van der Waals surface area contributed by atoms with E-state index in [2.05, 4.69) is 20.5 Å². The predicted octanol–water partition coefficient (Wildman–Crippen LogP) is 3.72. The van der Waals surface area contributed by atoms with Crippen LogP contribution in [0.25, 0.3) is 11.3 Å². The highest BCUT2D eigenvalue weighted by Crippen LogP contribution is 2.29. The first-order chi connectivity index (χ1) is 14.8. The normalized spacial score (nSPS) is 11.8. The highest BCUT2D eigenvalue weighted by Gasteiger charge is 2.31. The van der Waals surface area contributed by atoms with Crippen LogP contribution < -0.4 is 5.32 Å². The summed E-state index contributed by atoms with van der Waals surface area (Å²) in [4.78, 5) is 17.0. The molecule has 0 aliphatic carbocycles. The van der Waals surface area contributed by atoms with Crippen molar-refractivity contribution in [2.24, 2.45) is 0 Å². The van der Waals surface area contributed by atoms with Crippen LogP contribution in [-0.4, -0.2) is 36.3 Å². The van der Waals surface area contributed by atoms with Crippen molar-refractivity contribution >= 4 is 23.3 Å². The SMILES string of the molecule is CSc1ncc(C(=O)NCc2nnc3ccc(C(F)(F)F)cn23)n1-c1ccc(F)cc1. The first kappa shape index (κ1) is 20.8. The molecule has 160 valence electrons. The smallest absolute Gasteiger partial charge is 0.343 e. The Morgan fingerprint density at radius 1 is 1.13 bits per heavy atom. The maximum Gasteiger partial charge on any atom is 0.417 e. The van der Waals surface area contributed by atoms with E-state index in [1.807, 2.05) is 0 Å². The average Bonchev–Trinajstić information content (AvgIpc) is 3.35. The number of alkyl halides is 3. The monoisotopic (exact) mass is 450 g/mol. The molecular weight excluding hydrogens is 436 g/mol. The van der Waals surface area contributed by atoms with Crippen LogP contribution in [0.5, 0.6) is 0 Å². The molecule has 3 aromatic heterocycles. The molecule has 0 spiro atoms. The molecule has 0 radical (unpaired) electrons. The second kappa shape index (κ2) is 8.02. The fourth-order valence-corrected chi connectivity index (χ4v) is 3.50. The number of thioether (sulfide) groups is 1. The lowest BCUT2D eigenvalue weighted by Gasteiger charge is -2.11. The minimum atomic E-state index is -4.52. The summed E-state index contributed by atoms with van der Waals surface area (Å²) in [7, 11) is 0. The number of nitrogens with zero attached hydrogens (tertiary/aromatic N) is 5. The molecule has 4 aromatic rings. The topological polar surface area (TPSA) is 77.1 Å². The molecule has 0 fully saturated rings. The van der Waals surface area contributed by atoms with Crippen LogP contribution in [0.15, 0.2) is 53.9 Å². The third-order valence-electron chi connectivity index (χ3n) is 4.44. The maximum absolute atomic E-state index is 13.3. The van der Waals surface area contributed by atoms with Crippen molar-refractivity contribution in [3.05, 3.63) is 71.7 Å². The van der Waals surface area contributed by atoms with Gasteiger partial charge in [-0.25, -0.2) is 9.37 Å². The molecule has 0 atom stereocenters. The zero-order chi connectivity index (χ0) is 22.2. The van der Waals surface area contributed by atoms with Crippen LogP contribution in [-0.2, 0) is 12.7 Å². The van der Waals surface area contributed by atoms with E-state index in [0.29, 0.717) is 10.8 Å². The van der Waals surface area contributed by atoms with Crippen molar-refractivity contribution in [3.63, 3.8) is 0 Å². The van der Waals surface area contributed by atoms with Gasteiger partial charge in [-0.2, -0.15) is 13.2 Å². The Morgan fingerprint density at radius 2 is 1.87 bits per heavy atom. The van der Waals surface area contributed by atoms with E-state index < -0.39 is 23.5 Å². The molecule has 31 heavy (non-hydrogen) atoms. The number of aromatic nitrogens is 5. The quantitative estimate of drug-likeness (QED) is 0.371. The van der Waals surface area contributed by atoms with Gasteiger partial charge in [0, 0.05) is 11.9 Å². The van der Waals surface area contributed by atoms with Gasteiger partial charge in [0.1, 0.15) is 11.5 Å². The van der Waals surface area contributed by atoms with Gasteiger partial charge in [-0.1, -0.05) is 11.8 Å². The number of pyridine rings is 1. The van der Waals surface area contributed by atoms with E-state index in [9.17, 15) is 22.4 Å². The fourth-order valence-electron chi connectivity index (χ4n) is 2.96. The number of nitrogens with one attached hydrogen (secondary N) is 1. The van der Waals surface area contributed by atoms with Crippen LogP contribution in [0.2, 0.25) is 0 Å². The fraction of sp³-hybridized carbons (Fsp3) is 0.158. The number of amides is 1. The molecular formula is C19H14F4N6OS. The Hall–Kier alpha value is -3.41. The second-order valence-corrected chi connectivity index (χ2v) is 7.16. The molecule has 0 unspecified atom stereocenters. The molecule has 1 amide bonds. The van der Waals surface area contributed by atoms with E-state index in [1.54, 1.807) is 10.8 Å². The first-order valence-corrected chi connectivity index (χ1v) is 10.1. The van der Waals surface area contributed by atoms with Gasteiger partial charge in [0.25, 0.3) is 5.91 Å². The van der Waals surface area contributed by atoms with Crippen molar-refractivity contribution in [1.82, 2.24) is 29.5 Å². The Balaban J connectivity index is 1.60. The van der Waals surface area contributed by atoms with Gasteiger partial charge in [0.2, 0.25) is 0 Å². The Bertz CT molecular complexity index is 1250. The number of fused-ring (bicyclic) bond motifs is 1. The third-order valence-corrected chi connectivity index (χ3v) is 5.09. The highest BCUT2D eigenvalue weighted by molar-refractivity contribution is 7.98. The van der Waals surface area contributed by atoms with Gasteiger partial charge in [-0.15, -0.1) is 10.2 Å². The molecule has 12 heteroatoms. The summed E-state index contributed by atoms with van der Waals surface area (Å²) in [6, 6.07) is 7.67. The predicted molar refractivity (Wildman–Crippen MR) is 104 cm³/mol. The molecule has 1 N–H and O–H groups in total. The third kappa shape index (κ3) is 4.10. The zero-order valence-corrected chi connectivity index (χ0v) is 16.7. The largest absolute Gasteiger partial charge is 0.417 e. The lowest BCUT2D eigenvalue weighted by atomic mass is 10.3. The van der Waals surface area contributed by atoms with Crippen LogP contribution >= 0.6 is 11.8 Å². The number of carbonyl (C=O) groups excluding carboxylic acids is 1. The number of hydrogen-bond donors (Lipinski definition) is 1. The molecule has 4 rings (SSSR count). The highest BCUT2D eigenvalue weighted by atomic mass is 32.2. The minimum Gasteiger partial charge on any atom is -0.343 e. The van der Waals surface area contributed by atoms with Crippen molar-refractivity contribution in [2.45, 2.75) is 17.9 Å². The van der Waals surface area contributed by atoms with E-state index >= 15 is 0 Å². The maximum atomic E-state index is 13.3. The summed E-state index contributed by atoms with van der Waals surface area (Å²) in [5.74, 6) is -0.814. The van der Waals surface area contributed by atoms with E-state index in [1.165, 1.54) is 52.7 Å². The van der Waals surface area contributed by atoms with Crippen LogP contribution in [0.3, 0.4) is 0 Å². The summed E-state index contributed by atoms with van der Waals surface area (Å²) in [6.45, 7) is -0.162. The molecule has 0 saturated heterocycles. The van der Waals surface area contributed by atoms with Crippen molar-refractivity contribution < 1.29 is 22.4 Å². The molecule has 3 heterocycles. The van der Waals surface area contributed by atoms with Gasteiger partial charge in [0.05, 0.1) is 18.3 Å². The van der Waals surface area contributed by atoms with Crippen LogP contribution in [0.1, 0.15) is 21.9 Å². The second-order valence-electron chi connectivity index (χ2n) is 6.38. The van der Waals surface area contributed by atoms with Crippen LogP contribution in [0.4, 0.5) is 17.6 Å². The Labute approximate surface area is 177 Å². The number of carbonyl (C=O) groups is 1. The van der Waals surface area contributed by atoms with Crippen molar-refractivity contribution in [1.29, 1.82) is 0 Å². The van der Waals surface area contributed by atoms with Crippen LogP contribution in [0, 0.1) is 5.82 Å². The lowest BCUT2D eigenvalue weighted by Crippen LogP contribution is -2.26. The van der Waals surface area contributed by atoms with Crippen molar-refractivity contribution in [2.75, 3.05) is 6.26 Å². The summed E-state index contributed by atoms with van der Waals surface area (Å²) in [5.41, 5.74) is 0.0848. The molecule has 0 saturated carbocycles. The standard InChI is InChI=1S/C19H14F4N6OS/c1-31-18-25-8-14(29(18)13-5-3-12(20)4-6-13)17(30)24-9-16-27-26-15-7-2-11(10-28(15)16)19(21,22)23/h2-8,10H,9H2,1H3,(H,24,30). The lowest BCUT2D eigenvalue weighted by molar-refractivity contribution is -0.137. The summed E-state index contributed by atoms with van der Waals surface area (Å²) in [6.07, 6.45) is -0.487. The number of hydrogen-bond acceptors (Lipinski definition) is 5. The van der Waals surface area contributed by atoms with E-state index in [4.69, 9.17) is 0 Å². The molecule has 1 aromatic carbocycles. The molecule has 0 bridgehead atoms. The van der Waals surface area contributed by atoms with Gasteiger partial charge < -0.3 is 5.32 Å². The average molecular weight is 450 g/mol. The van der Waals surface area contributed by atoms with Gasteiger partial charge in [-0.3, -0.25) is 13.8 Å². The summed E-state index contributed by atoms with van der Waals surface area (Å²) in [5, 5.41) is 10.8. The molecule has 0 aliphatic rings. The molecule has 7 nitrogen and oxygen atoms in total. The van der Waals surface area contributed by atoms with E-state index in [-0.39, 0.29) is 23.7 Å².